The molecule has 1 heterocycles. The lowest BCUT2D eigenvalue weighted by Gasteiger charge is -2.18. The van der Waals surface area contributed by atoms with Gasteiger partial charge in [-0.2, -0.15) is 0 Å². The Bertz CT molecular complexity index is 319. The standard InChI is InChI=1S/C12H21N3O/c1-8(2)16-7-12(15-13)11-5-9(3)14-10(4)6-11/h5-6,8,12,15H,7,13H2,1-4H3. The van der Waals surface area contributed by atoms with Crippen molar-refractivity contribution in [1.29, 1.82) is 0 Å². The van der Waals surface area contributed by atoms with E-state index in [1.165, 1.54) is 0 Å². The first kappa shape index (κ1) is 13.1. The lowest BCUT2D eigenvalue weighted by Crippen LogP contribution is -2.32. The Labute approximate surface area is 97.2 Å². The molecule has 1 rings (SSSR count). The highest BCUT2D eigenvalue weighted by Crippen LogP contribution is 2.15. The van der Waals surface area contributed by atoms with Crippen molar-refractivity contribution in [2.45, 2.75) is 39.8 Å². The number of hydrogen-bond acceptors (Lipinski definition) is 4. The van der Waals surface area contributed by atoms with E-state index in [-0.39, 0.29) is 12.1 Å². The molecule has 0 radical (unpaired) electrons. The molecule has 0 aliphatic carbocycles. The molecule has 0 amide bonds. The number of aryl methyl sites for hydroxylation is 2. The summed E-state index contributed by atoms with van der Waals surface area (Å²) in [5, 5.41) is 0. The van der Waals surface area contributed by atoms with E-state index in [0.29, 0.717) is 6.61 Å². The van der Waals surface area contributed by atoms with Gasteiger partial charge in [0, 0.05) is 11.4 Å². The van der Waals surface area contributed by atoms with Gasteiger partial charge in [-0.15, -0.1) is 0 Å². The zero-order valence-electron chi connectivity index (χ0n) is 10.4. The Kier molecular flexibility index (Phi) is 4.86. The van der Waals surface area contributed by atoms with E-state index >= 15 is 0 Å². The van der Waals surface area contributed by atoms with Gasteiger partial charge in [-0.05, 0) is 45.4 Å². The fraction of sp³-hybridized carbons (Fsp3) is 0.583. The predicted octanol–water partition coefficient (Wildman–Crippen LogP) is 1.63. The maximum absolute atomic E-state index is 5.57. The lowest BCUT2D eigenvalue weighted by molar-refractivity contribution is 0.0611. The first-order valence-corrected chi connectivity index (χ1v) is 5.56. The van der Waals surface area contributed by atoms with Crippen LogP contribution in [0.15, 0.2) is 12.1 Å². The molecule has 0 aliphatic heterocycles. The molecule has 4 nitrogen and oxygen atoms in total. The fourth-order valence-electron chi connectivity index (χ4n) is 1.60. The monoisotopic (exact) mass is 223 g/mol. The van der Waals surface area contributed by atoms with Crippen LogP contribution < -0.4 is 11.3 Å². The normalized spacial score (nSPS) is 13.1. The number of rotatable bonds is 5. The van der Waals surface area contributed by atoms with Crippen LogP contribution in [0, 0.1) is 13.8 Å². The van der Waals surface area contributed by atoms with Crippen molar-refractivity contribution < 1.29 is 4.74 Å². The van der Waals surface area contributed by atoms with Crippen molar-refractivity contribution in [3.8, 4) is 0 Å². The quantitative estimate of drug-likeness (QED) is 0.588. The molecule has 3 N–H and O–H groups in total. The van der Waals surface area contributed by atoms with Gasteiger partial charge in [-0.3, -0.25) is 16.3 Å². The van der Waals surface area contributed by atoms with Crippen molar-refractivity contribution in [1.82, 2.24) is 10.4 Å². The number of nitrogens with zero attached hydrogens (tertiary/aromatic N) is 1. The van der Waals surface area contributed by atoms with Crippen molar-refractivity contribution >= 4 is 0 Å². The molecule has 1 unspecified atom stereocenters. The van der Waals surface area contributed by atoms with Crippen LogP contribution in [-0.2, 0) is 4.74 Å². The highest BCUT2D eigenvalue weighted by Gasteiger charge is 2.11. The average molecular weight is 223 g/mol. The molecule has 0 fully saturated rings. The van der Waals surface area contributed by atoms with Crippen molar-refractivity contribution in [2.24, 2.45) is 5.84 Å². The minimum atomic E-state index is 0.0165. The highest BCUT2D eigenvalue weighted by atomic mass is 16.5. The molecule has 0 spiro atoms. The summed E-state index contributed by atoms with van der Waals surface area (Å²) in [6, 6.07) is 4.07. The van der Waals surface area contributed by atoms with Crippen LogP contribution in [0.3, 0.4) is 0 Å². The van der Waals surface area contributed by atoms with Crippen molar-refractivity contribution in [3.05, 3.63) is 29.1 Å². The highest BCUT2D eigenvalue weighted by molar-refractivity contribution is 5.23. The fourth-order valence-corrected chi connectivity index (χ4v) is 1.60. The number of hydrazine groups is 1. The van der Waals surface area contributed by atoms with Gasteiger partial charge in [0.2, 0.25) is 0 Å². The zero-order chi connectivity index (χ0) is 12.1. The summed E-state index contributed by atoms with van der Waals surface area (Å²) in [5.41, 5.74) is 5.89. The summed E-state index contributed by atoms with van der Waals surface area (Å²) in [6.07, 6.45) is 0.208. The van der Waals surface area contributed by atoms with Crippen LogP contribution in [0.1, 0.15) is 36.8 Å². The first-order chi connectivity index (χ1) is 7.52. The van der Waals surface area contributed by atoms with Gasteiger partial charge in [0.25, 0.3) is 0 Å². The molecule has 0 saturated carbocycles. The summed E-state index contributed by atoms with van der Waals surface area (Å²) in [4.78, 5) is 4.34. The number of nitrogens with two attached hydrogens (primary N) is 1. The topological polar surface area (TPSA) is 60.2 Å². The van der Waals surface area contributed by atoms with Gasteiger partial charge in [-0.25, -0.2) is 0 Å². The van der Waals surface area contributed by atoms with Gasteiger partial charge in [0.05, 0.1) is 18.8 Å². The molecule has 1 aromatic rings. The number of pyridine rings is 1. The van der Waals surface area contributed by atoms with Crippen LogP contribution in [-0.4, -0.2) is 17.7 Å². The summed E-state index contributed by atoms with van der Waals surface area (Å²) < 4.78 is 5.57. The SMILES string of the molecule is Cc1cc(C(COC(C)C)NN)cc(C)n1. The van der Waals surface area contributed by atoms with Crippen LogP contribution in [0.5, 0.6) is 0 Å². The minimum Gasteiger partial charge on any atom is -0.377 e. The molecule has 1 atom stereocenters. The van der Waals surface area contributed by atoms with Crippen LogP contribution in [0.4, 0.5) is 0 Å². The summed E-state index contributed by atoms with van der Waals surface area (Å²) in [5.74, 6) is 5.54. The second-order valence-electron chi connectivity index (χ2n) is 4.28. The minimum absolute atomic E-state index is 0.0165. The van der Waals surface area contributed by atoms with Gasteiger partial charge in [-0.1, -0.05) is 0 Å². The van der Waals surface area contributed by atoms with Crippen molar-refractivity contribution in [3.63, 3.8) is 0 Å². The number of ether oxygens (including phenoxy) is 1. The molecule has 90 valence electrons. The first-order valence-electron chi connectivity index (χ1n) is 5.56. The maximum atomic E-state index is 5.57. The van der Waals surface area contributed by atoms with Crippen molar-refractivity contribution in [2.75, 3.05) is 6.61 Å². The Morgan fingerprint density at radius 2 is 1.88 bits per heavy atom. The second kappa shape index (κ2) is 5.94. The van der Waals surface area contributed by atoms with E-state index in [2.05, 4.69) is 10.4 Å². The third kappa shape index (κ3) is 3.89. The molecule has 0 aromatic carbocycles. The van der Waals surface area contributed by atoms with Gasteiger partial charge in [0.1, 0.15) is 0 Å². The number of hydrogen-bond donors (Lipinski definition) is 2. The van der Waals surface area contributed by atoms with E-state index in [1.807, 2.05) is 39.8 Å². The molecule has 1 aromatic heterocycles. The molecule has 4 heteroatoms. The summed E-state index contributed by atoms with van der Waals surface area (Å²) in [7, 11) is 0. The smallest absolute Gasteiger partial charge is 0.0695 e. The van der Waals surface area contributed by atoms with Crippen LogP contribution in [0.2, 0.25) is 0 Å². The van der Waals surface area contributed by atoms with E-state index in [1.54, 1.807) is 0 Å². The van der Waals surface area contributed by atoms with E-state index < -0.39 is 0 Å². The Balaban J connectivity index is 2.78. The zero-order valence-corrected chi connectivity index (χ0v) is 10.4. The molecule has 0 saturated heterocycles. The maximum Gasteiger partial charge on any atom is 0.0695 e. The van der Waals surface area contributed by atoms with Crippen LogP contribution in [0.25, 0.3) is 0 Å². The van der Waals surface area contributed by atoms with Crippen LogP contribution >= 0.6 is 0 Å². The molecular weight excluding hydrogens is 202 g/mol. The third-order valence-electron chi connectivity index (χ3n) is 2.30. The average Bonchev–Trinajstić information content (AvgIpc) is 2.16. The summed E-state index contributed by atoms with van der Waals surface area (Å²) in [6.45, 7) is 8.55. The van der Waals surface area contributed by atoms with E-state index in [0.717, 1.165) is 17.0 Å². The van der Waals surface area contributed by atoms with Gasteiger partial charge < -0.3 is 4.74 Å². The Hall–Kier alpha value is -0.970. The molecule has 0 aliphatic rings. The molecule has 16 heavy (non-hydrogen) atoms. The second-order valence-corrected chi connectivity index (χ2v) is 4.28. The van der Waals surface area contributed by atoms with Gasteiger partial charge in [0.15, 0.2) is 0 Å². The number of nitrogens with one attached hydrogen (secondary N) is 1. The van der Waals surface area contributed by atoms with E-state index in [9.17, 15) is 0 Å². The largest absolute Gasteiger partial charge is 0.377 e. The predicted molar refractivity (Wildman–Crippen MR) is 64.9 cm³/mol. The Morgan fingerprint density at radius 1 is 1.31 bits per heavy atom. The number of aromatic nitrogens is 1. The third-order valence-corrected chi connectivity index (χ3v) is 2.30. The van der Waals surface area contributed by atoms with Gasteiger partial charge >= 0.3 is 0 Å². The summed E-state index contributed by atoms with van der Waals surface area (Å²) >= 11 is 0. The lowest BCUT2D eigenvalue weighted by atomic mass is 10.1. The molecular formula is C12H21N3O. The van der Waals surface area contributed by atoms with E-state index in [4.69, 9.17) is 10.6 Å². The molecule has 0 bridgehead atoms. The Morgan fingerprint density at radius 3 is 2.31 bits per heavy atom.